The molecule has 3 rings (SSSR count). The molecule has 0 aromatic heterocycles. The fourth-order valence-corrected chi connectivity index (χ4v) is 3.58. The van der Waals surface area contributed by atoms with E-state index in [1.165, 1.54) is 0 Å². The smallest absolute Gasteiger partial charge is 0.222 e. The first-order chi connectivity index (χ1) is 10.9. The number of methoxy groups -OCH3 is 1. The van der Waals surface area contributed by atoms with Gasteiger partial charge in [0, 0.05) is 16.2 Å². The molecule has 2 aromatic carbocycles. The van der Waals surface area contributed by atoms with Crippen LogP contribution < -0.4 is 4.74 Å². The molecule has 1 unspecified atom stereocenters. The highest BCUT2D eigenvalue weighted by Gasteiger charge is 2.44. The van der Waals surface area contributed by atoms with E-state index >= 15 is 0 Å². The van der Waals surface area contributed by atoms with Crippen LogP contribution >= 0.6 is 11.8 Å². The monoisotopic (exact) mass is 332 g/mol. The summed E-state index contributed by atoms with van der Waals surface area (Å²) in [4.78, 5) is 11.9. The highest BCUT2D eigenvalue weighted by atomic mass is 32.2. The van der Waals surface area contributed by atoms with Crippen molar-refractivity contribution in [3.63, 3.8) is 0 Å². The van der Waals surface area contributed by atoms with E-state index in [4.69, 9.17) is 14.5 Å². The Morgan fingerprint density at radius 3 is 2.30 bits per heavy atom. The molecule has 2 aromatic rings. The normalized spacial score (nSPS) is 26.6. The van der Waals surface area contributed by atoms with Crippen molar-refractivity contribution in [1.29, 1.82) is 0 Å². The van der Waals surface area contributed by atoms with Gasteiger partial charge in [0.2, 0.25) is 5.79 Å². The Morgan fingerprint density at radius 1 is 1.00 bits per heavy atom. The van der Waals surface area contributed by atoms with Crippen LogP contribution in [0.5, 0.6) is 5.75 Å². The maximum absolute atomic E-state index is 10.3. The molecule has 0 fully saturated rings. The van der Waals surface area contributed by atoms with Gasteiger partial charge in [0.15, 0.2) is 0 Å². The van der Waals surface area contributed by atoms with Crippen LogP contribution in [-0.2, 0) is 21.2 Å². The molecule has 23 heavy (non-hydrogen) atoms. The third-order valence-electron chi connectivity index (χ3n) is 3.96. The van der Waals surface area contributed by atoms with Crippen LogP contribution in [0.15, 0.2) is 53.4 Å². The molecule has 1 N–H and O–H groups in total. The van der Waals surface area contributed by atoms with Gasteiger partial charge in [0.25, 0.3) is 0 Å². The van der Waals surface area contributed by atoms with Crippen molar-refractivity contribution >= 4 is 11.8 Å². The van der Waals surface area contributed by atoms with Crippen molar-refractivity contribution in [3.8, 4) is 5.75 Å². The summed E-state index contributed by atoms with van der Waals surface area (Å²) in [5.74, 6) is 0.0621. The summed E-state index contributed by atoms with van der Waals surface area (Å²) in [7, 11) is 1.65. The van der Waals surface area contributed by atoms with Gasteiger partial charge >= 0.3 is 0 Å². The molecule has 0 aliphatic carbocycles. The number of aliphatic hydroxyl groups is 1. The van der Waals surface area contributed by atoms with E-state index in [9.17, 15) is 5.11 Å². The Kier molecular flexibility index (Phi) is 4.38. The minimum atomic E-state index is -1.43. The van der Waals surface area contributed by atoms with Crippen LogP contribution in [0, 0.1) is 0 Å². The SMILES string of the molecule is COc1ccc(SC[C@]2(C)OOC(C)(O)c3ccccc32)cc1. The van der Waals surface area contributed by atoms with Crippen molar-refractivity contribution in [1.82, 2.24) is 0 Å². The number of thioether (sulfide) groups is 1. The summed E-state index contributed by atoms with van der Waals surface area (Å²) in [6, 6.07) is 15.6. The lowest BCUT2D eigenvalue weighted by Crippen LogP contribution is -2.42. The number of rotatable bonds is 4. The lowest BCUT2D eigenvalue weighted by molar-refractivity contribution is -0.471. The van der Waals surface area contributed by atoms with Crippen LogP contribution in [0.2, 0.25) is 0 Å². The molecule has 1 aliphatic heterocycles. The van der Waals surface area contributed by atoms with Crippen molar-refractivity contribution in [2.24, 2.45) is 0 Å². The Labute approximate surface area is 140 Å². The Morgan fingerprint density at radius 2 is 1.65 bits per heavy atom. The second kappa shape index (κ2) is 6.17. The minimum absolute atomic E-state index is 0.635. The Balaban J connectivity index is 1.81. The van der Waals surface area contributed by atoms with E-state index in [2.05, 4.69) is 0 Å². The van der Waals surface area contributed by atoms with Gasteiger partial charge in [-0.2, -0.15) is 4.89 Å². The second-order valence-corrected chi connectivity index (χ2v) is 6.94. The van der Waals surface area contributed by atoms with Crippen molar-refractivity contribution < 1.29 is 19.6 Å². The molecule has 0 saturated heterocycles. The summed E-state index contributed by atoms with van der Waals surface area (Å²) < 4.78 is 5.17. The average molecular weight is 332 g/mol. The van der Waals surface area contributed by atoms with Gasteiger partial charge in [0.05, 0.1) is 7.11 Å². The zero-order chi connectivity index (χ0) is 16.5. The Bertz CT molecular complexity index is 684. The quantitative estimate of drug-likeness (QED) is 0.681. The molecule has 0 amide bonds. The molecule has 122 valence electrons. The summed E-state index contributed by atoms with van der Waals surface area (Å²) in [5, 5.41) is 10.3. The first-order valence-electron chi connectivity index (χ1n) is 7.41. The molecule has 0 spiro atoms. The topological polar surface area (TPSA) is 47.9 Å². The first kappa shape index (κ1) is 16.3. The number of ether oxygens (including phenoxy) is 1. The van der Waals surface area contributed by atoms with Crippen LogP contribution in [0.25, 0.3) is 0 Å². The third kappa shape index (κ3) is 3.23. The molecule has 5 heteroatoms. The fourth-order valence-electron chi connectivity index (χ4n) is 2.61. The second-order valence-electron chi connectivity index (χ2n) is 5.89. The predicted octanol–water partition coefficient (Wildman–Crippen LogP) is 3.83. The maximum atomic E-state index is 10.3. The van der Waals surface area contributed by atoms with E-state index in [0.717, 1.165) is 21.8 Å². The summed E-state index contributed by atoms with van der Waals surface area (Å²) >= 11 is 1.67. The van der Waals surface area contributed by atoms with E-state index in [-0.39, 0.29) is 0 Å². The van der Waals surface area contributed by atoms with Gasteiger partial charge in [0.1, 0.15) is 11.4 Å². The minimum Gasteiger partial charge on any atom is -0.497 e. The van der Waals surface area contributed by atoms with Gasteiger partial charge in [-0.1, -0.05) is 24.3 Å². The molecule has 1 heterocycles. The standard InChI is InChI=1S/C18H20O4S/c1-17(12-23-14-10-8-13(20-3)9-11-14)15-6-4-5-7-16(15)18(2,19)22-21-17/h4-11,19H,12H2,1-3H3/t17-,18?/m0/s1. The van der Waals surface area contributed by atoms with Gasteiger partial charge in [-0.3, -0.25) is 0 Å². The number of fused-ring (bicyclic) bond motifs is 1. The molecule has 1 aliphatic rings. The van der Waals surface area contributed by atoms with E-state index in [1.54, 1.807) is 25.8 Å². The Hall–Kier alpha value is -1.53. The lowest BCUT2D eigenvalue weighted by Gasteiger charge is -2.40. The zero-order valence-corrected chi connectivity index (χ0v) is 14.2. The fraction of sp³-hybridized carbons (Fsp3) is 0.333. The lowest BCUT2D eigenvalue weighted by atomic mass is 9.88. The highest BCUT2D eigenvalue weighted by molar-refractivity contribution is 7.99. The van der Waals surface area contributed by atoms with E-state index in [0.29, 0.717) is 5.75 Å². The largest absolute Gasteiger partial charge is 0.497 e. The molecule has 0 bridgehead atoms. The van der Waals surface area contributed by atoms with Crippen molar-refractivity contribution in [2.75, 3.05) is 12.9 Å². The zero-order valence-electron chi connectivity index (χ0n) is 13.4. The molecule has 2 atom stereocenters. The van der Waals surface area contributed by atoms with Crippen LogP contribution in [-0.4, -0.2) is 18.0 Å². The van der Waals surface area contributed by atoms with Gasteiger partial charge in [-0.05, 0) is 43.7 Å². The predicted molar refractivity (Wildman–Crippen MR) is 89.3 cm³/mol. The van der Waals surface area contributed by atoms with Crippen LogP contribution in [0.1, 0.15) is 25.0 Å². The van der Waals surface area contributed by atoms with Crippen molar-refractivity contribution in [3.05, 3.63) is 59.7 Å². The summed E-state index contributed by atoms with van der Waals surface area (Å²) in [6.45, 7) is 3.56. The summed E-state index contributed by atoms with van der Waals surface area (Å²) in [6.07, 6.45) is 0. The molecular weight excluding hydrogens is 312 g/mol. The van der Waals surface area contributed by atoms with Gasteiger partial charge in [-0.15, -0.1) is 11.8 Å². The van der Waals surface area contributed by atoms with Crippen LogP contribution in [0.4, 0.5) is 0 Å². The van der Waals surface area contributed by atoms with Crippen molar-refractivity contribution in [2.45, 2.75) is 30.1 Å². The van der Waals surface area contributed by atoms with E-state index in [1.807, 2.05) is 55.5 Å². The number of benzene rings is 2. The van der Waals surface area contributed by atoms with Gasteiger partial charge < -0.3 is 9.84 Å². The molecular formula is C18H20O4S. The van der Waals surface area contributed by atoms with E-state index < -0.39 is 11.4 Å². The maximum Gasteiger partial charge on any atom is 0.222 e. The number of hydrogen-bond donors (Lipinski definition) is 1. The summed E-state index contributed by atoms with van der Waals surface area (Å²) in [5.41, 5.74) is 1.05. The van der Waals surface area contributed by atoms with Crippen LogP contribution in [0.3, 0.4) is 0 Å². The molecule has 4 nitrogen and oxygen atoms in total. The third-order valence-corrected chi connectivity index (χ3v) is 5.26. The number of hydrogen-bond acceptors (Lipinski definition) is 5. The first-order valence-corrected chi connectivity index (χ1v) is 8.39. The average Bonchev–Trinajstić information content (AvgIpc) is 2.58. The molecule has 0 radical (unpaired) electrons. The highest BCUT2D eigenvalue weighted by Crippen LogP contribution is 2.43. The molecule has 0 saturated carbocycles. The van der Waals surface area contributed by atoms with Gasteiger partial charge in [-0.25, -0.2) is 4.89 Å².